The molecule has 4 heteroatoms. The Balaban J connectivity index is 2.17. The molecular weight excluding hydrogens is 202 g/mol. The van der Waals surface area contributed by atoms with Crippen molar-refractivity contribution in [1.82, 2.24) is 15.5 Å². The first kappa shape index (κ1) is 13.5. The van der Waals surface area contributed by atoms with Crippen LogP contribution in [0.2, 0.25) is 0 Å². The molecule has 16 heavy (non-hydrogen) atoms. The van der Waals surface area contributed by atoms with E-state index in [-0.39, 0.29) is 5.91 Å². The fourth-order valence-corrected chi connectivity index (χ4v) is 1.85. The predicted octanol–water partition coefficient (Wildman–Crippen LogP) is 0.587. The molecule has 1 heterocycles. The van der Waals surface area contributed by atoms with Crippen molar-refractivity contribution in [1.29, 1.82) is 0 Å². The highest BCUT2D eigenvalue weighted by Gasteiger charge is 2.24. The van der Waals surface area contributed by atoms with Crippen molar-refractivity contribution in [3.8, 4) is 0 Å². The molecule has 0 unspecified atom stereocenters. The number of hydrogen-bond acceptors (Lipinski definition) is 3. The molecule has 0 bridgehead atoms. The van der Waals surface area contributed by atoms with E-state index in [1.165, 1.54) is 32.4 Å². The zero-order chi connectivity index (χ0) is 12.0. The summed E-state index contributed by atoms with van der Waals surface area (Å²) in [5.74, 6) is 0.0759. The van der Waals surface area contributed by atoms with Gasteiger partial charge in [-0.2, -0.15) is 0 Å². The summed E-state index contributed by atoms with van der Waals surface area (Å²) in [5.41, 5.74) is -0.470. The van der Waals surface area contributed by atoms with Crippen LogP contribution in [0.1, 0.15) is 33.1 Å². The van der Waals surface area contributed by atoms with Crippen LogP contribution in [-0.2, 0) is 4.79 Å². The van der Waals surface area contributed by atoms with Crippen molar-refractivity contribution < 1.29 is 4.79 Å². The summed E-state index contributed by atoms with van der Waals surface area (Å²) in [6, 6.07) is 0. The van der Waals surface area contributed by atoms with Crippen LogP contribution in [-0.4, -0.2) is 49.6 Å². The van der Waals surface area contributed by atoms with Crippen LogP contribution in [0.4, 0.5) is 0 Å². The summed E-state index contributed by atoms with van der Waals surface area (Å²) in [7, 11) is 1.81. The van der Waals surface area contributed by atoms with Crippen LogP contribution < -0.4 is 10.6 Å². The predicted molar refractivity (Wildman–Crippen MR) is 66.4 cm³/mol. The number of amides is 1. The molecule has 0 aromatic carbocycles. The Labute approximate surface area is 98.8 Å². The summed E-state index contributed by atoms with van der Waals surface area (Å²) in [6.07, 6.45) is 3.96. The topological polar surface area (TPSA) is 44.4 Å². The van der Waals surface area contributed by atoms with Crippen molar-refractivity contribution in [2.45, 2.75) is 38.6 Å². The van der Waals surface area contributed by atoms with Crippen molar-refractivity contribution in [3.63, 3.8) is 0 Å². The van der Waals surface area contributed by atoms with Crippen LogP contribution in [0.5, 0.6) is 0 Å². The molecule has 2 N–H and O–H groups in total. The van der Waals surface area contributed by atoms with E-state index in [1.54, 1.807) is 0 Å². The van der Waals surface area contributed by atoms with Crippen molar-refractivity contribution in [2.24, 2.45) is 0 Å². The molecule has 0 spiro atoms. The third-order valence-corrected chi connectivity index (χ3v) is 3.35. The second-order valence-electron chi connectivity index (χ2n) is 5.03. The fraction of sp³-hybridized carbons (Fsp3) is 0.917. The van der Waals surface area contributed by atoms with E-state index in [0.717, 1.165) is 13.1 Å². The minimum Gasteiger partial charge on any atom is -0.353 e. The Kier molecular flexibility index (Phi) is 5.22. The molecule has 0 aromatic rings. The molecule has 0 atom stereocenters. The molecule has 1 aliphatic rings. The maximum atomic E-state index is 11.7. The van der Waals surface area contributed by atoms with Gasteiger partial charge in [-0.25, -0.2) is 0 Å². The minimum absolute atomic E-state index is 0.0759. The minimum atomic E-state index is -0.470. The molecule has 94 valence electrons. The molecule has 1 rings (SSSR count). The van der Waals surface area contributed by atoms with Gasteiger partial charge in [0, 0.05) is 13.1 Å². The maximum absolute atomic E-state index is 11.7. The Morgan fingerprint density at radius 1 is 1.25 bits per heavy atom. The number of piperidine rings is 1. The summed E-state index contributed by atoms with van der Waals surface area (Å²) < 4.78 is 0. The number of likely N-dealkylation sites (tertiary alicyclic amines) is 1. The van der Waals surface area contributed by atoms with Gasteiger partial charge in [0.15, 0.2) is 0 Å². The number of carbonyl (C=O) groups is 1. The van der Waals surface area contributed by atoms with Gasteiger partial charge in [0.25, 0.3) is 0 Å². The molecule has 4 nitrogen and oxygen atoms in total. The van der Waals surface area contributed by atoms with E-state index in [0.29, 0.717) is 0 Å². The molecule has 0 aromatic heterocycles. The SMILES string of the molecule is CNC(C)(C)C(=O)NCCN1CCCCC1. The molecule has 1 saturated heterocycles. The molecular formula is C12H25N3O. The Morgan fingerprint density at radius 2 is 1.88 bits per heavy atom. The quantitative estimate of drug-likeness (QED) is 0.722. The van der Waals surface area contributed by atoms with Crippen molar-refractivity contribution in [3.05, 3.63) is 0 Å². The van der Waals surface area contributed by atoms with E-state index in [9.17, 15) is 4.79 Å². The molecule has 1 aliphatic heterocycles. The number of rotatable bonds is 5. The average Bonchev–Trinajstić information content (AvgIpc) is 2.30. The third-order valence-electron chi connectivity index (χ3n) is 3.35. The smallest absolute Gasteiger partial charge is 0.239 e. The van der Waals surface area contributed by atoms with Crippen LogP contribution >= 0.6 is 0 Å². The lowest BCUT2D eigenvalue weighted by Gasteiger charge is -2.27. The maximum Gasteiger partial charge on any atom is 0.239 e. The lowest BCUT2D eigenvalue weighted by Crippen LogP contribution is -2.52. The molecule has 0 saturated carbocycles. The van der Waals surface area contributed by atoms with Gasteiger partial charge in [-0.3, -0.25) is 4.79 Å². The summed E-state index contributed by atoms with van der Waals surface area (Å²) in [5, 5.41) is 5.98. The molecule has 0 radical (unpaired) electrons. The van der Waals surface area contributed by atoms with Gasteiger partial charge in [0.1, 0.15) is 0 Å². The largest absolute Gasteiger partial charge is 0.353 e. The Bertz CT molecular complexity index is 222. The molecule has 1 amide bonds. The Hall–Kier alpha value is -0.610. The number of likely N-dealkylation sites (N-methyl/N-ethyl adjacent to an activating group) is 1. The number of nitrogens with one attached hydrogen (secondary N) is 2. The van der Waals surface area contributed by atoms with Gasteiger partial charge < -0.3 is 15.5 Å². The van der Waals surface area contributed by atoms with E-state index in [1.807, 2.05) is 20.9 Å². The average molecular weight is 227 g/mol. The number of hydrogen-bond donors (Lipinski definition) is 2. The highest BCUT2D eigenvalue weighted by Crippen LogP contribution is 2.07. The van der Waals surface area contributed by atoms with Crippen molar-refractivity contribution >= 4 is 5.91 Å². The van der Waals surface area contributed by atoms with Crippen LogP contribution in [0, 0.1) is 0 Å². The van der Waals surface area contributed by atoms with Gasteiger partial charge >= 0.3 is 0 Å². The lowest BCUT2D eigenvalue weighted by atomic mass is 10.1. The summed E-state index contributed by atoms with van der Waals surface area (Å²) in [6.45, 7) is 7.89. The fourth-order valence-electron chi connectivity index (χ4n) is 1.85. The van der Waals surface area contributed by atoms with Crippen molar-refractivity contribution in [2.75, 3.05) is 33.2 Å². The molecule has 0 aliphatic carbocycles. The zero-order valence-corrected chi connectivity index (χ0v) is 10.8. The highest BCUT2D eigenvalue weighted by molar-refractivity contribution is 5.85. The molecule has 1 fully saturated rings. The first-order valence-corrected chi connectivity index (χ1v) is 6.26. The number of carbonyl (C=O) groups excluding carboxylic acids is 1. The lowest BCUT2D eigenvalue weighted by molar-refractivity contribution is -0.126. The van der Waals surface area contributed by atoms with E-state index >= 15 is 0 Å². The van der Waals surface area contributed by atoms with Gasteiger partial charge in [-0.15, -0.1) is 0 Å². The third kappa shape index (κ3) is 4.10. The normalized spacial score (nSPS) is 18.4. The number of nitrogens with zero attached hydrogens (tertiary/aromatic N) is 1. The zero-order valence-electron chi connectivity index (χ0n) is 10.8. The van der Waals surface area contributed by atoms with Gasteiger partial charge in [0.05, 0.1) is 5.54 Å². The van der Waals surface area contributed by atoms with Crippen LogP contribution in [0.25, 0.3) is 0 Å². The first-order chi connectivity index (χ1) is 7.56. The standard InChI is InChI=1S/C12H25N3O/c1-12(2,13-3)11(16)14-7-10-15-8-5-4-6-9-15/h13H,4-10H2,1-3H3,(H,14,16). The van der Waals surface area contributed by atoms with Crippen LogP contribution in [0.15, 0.2) is 0 Å². The van der Waals surface area contributed by atoms with E-state index < -0.39 is 5.54 Å². The second-order valence-corrected chi connectivity index (χ2v) is 5.03. The van der Waals surface area contributed by atoms with E-state index in [4.69, 9.17) is 0 Å². The highest BCUT2D eigenvalue weighted by atomic mass is 16.2. The summed E-state index contributed by atoms with van der Waals surface area (Å²) >= 11 is 0. The van der Waals surface area contributed by atoms with Gasteiger partial charge in [0.2, 0.25) is 5.91 Å². The monoisotopic (exact) mass is 227 g/mol. The van der Waals surface area contributed by atoms with Crippen LogP contribution in [0.3, 0.4) is 0 Å². The van der Waals surface area contributed by atoms with Gasteiger partial charge in [-0.05, 0) is 46.8 Å². The second kappa shape index (κ2) is 6.21. The Morgan fingerprint density at radius 3 is 2.44 bits per heavy atom. The first-order valence-electron chi connectivity index (χ1n) is 6.26. The summed E-state index contributed by atoms with van der Waals surface area (Å²) in [4.78, 5) is 14.2. The van der Waals surface area contributed by atoms with E-state index in [2.05, 4.69) is 15.5 Å². The van der Waals surface area contributed by atoms with Gasteiger partial charge in [-0.1, -0.05) is 6.42 Å².